The van der Waals surface area contributed by atoms with Crippen molar-refractivity contribution in [3.63, 3.8) is 0 Å². The summed E-state index contributed by atoms with van der Waals surface area (Å²) in [4.78, 5) is 4.07. The summed E-state index contributed by atoms with van der Waals surface area (Å²) in [5.74, 6) is 0. The summed E-state index contributed by atoms with van der Waals surface area (Å²) >= 11 is 0. The van der Waals surface area contributed by atoms with Crippen LogP contribution < -0.4 is 11.1 Å². The molecule has 4 nitrogen and oxygen atoms in total. The first-order valence-electron chi connectivity index (χ1n) is 4.30. The number of nitrogens with one attached hydrogen (secondary N) is 2. The van der Waals surface area contributed by atoms with E-state index in [1.807, 2.05) is 19.1 Å². The van der Waals surface area contributed by atoms with E-state index in [-0.39, 0.29) is 0 Å². The summed E-state index contributed by atoms with van der Waals surface area (Å²) in [6.07, 6.45) is 3.33. The predicted molar refractivity (Wildman–Crippen MR) is 58.3 cm³/mol. The molecule has 0 radical (unpaired) electrons. The first kappa shape index (κ1) is 10.2. The second-order valence-electron chi connectivity index (χ2n) is 3.05. The SMILES string of the molecule is CC(=N)/C(N)=C\Nc1ccnc(C)c1. The lowest BCUT2D eigenvalue weighted by atomic mass is 10.3. The number of rotatable bonds is 3. The molecule has 0 atom stereocenters. The monoisotopic (exact) mass is 190 g/mol. The average molecular weight is 190 g/mol. The fraction of sp³-hybridized carbons (Fsp3) is 0.200. The molecule has 4 N–H and O–H groups in total. The average Bonchev–Trinajstić information content (AvgIpc) is 2.14. The Morgan fingerprint density at radius 1 is 1.64 bits per heavy atom. The number of nitrogens with two attached hydrogens (primary N) is 1. The number of hydrogen-bond acceptors (Lipinski definition) is 4. The van der Waals surface area contributed by atoms with Gasteiger partial charge in [0.05, 0.1) is 11.4 Å². The minimum Gasteiger partial charge on any atom is -0.396 e. The third-order valence-electron chi connectivity index (χ3n) is 1.72. The molecule has 0 saturated heterocycles. The summed E-state index contributed by atoms with van der Waals surface area (Å²) < 4.78 is 0. The van der Waals surface area contributed by atoms with Crippen LogP contribution in [0.2, 0.25) is 0 Å². The quantitative estimate of drug-likeness (QED) is 0.634. The number of nitrogens with zero attached hydrogens (tertiary/aromatic N) is 1. The topological polar surface area (TPSA) is 74.8 Å². The Bertz CT molecular complexity index is 368. The fourth-order valence-electron chi connectivity index (χ4n) is 0.905. The van der Waals surface area contributed by atoms with Gasteiger partial charge < -0.3 is 16.5 Å². The van der Waals surface area contributed by atoms with Gasteiger partial charge in [0.25, 0.3) is 0 Å². The lowest BCUT2D eigenvalue weighted by Crippen LogP contribution is -2.08. The molecule has 1 heterocycles. The van der Waals surface area contributed by atoms with Crippen molar-refractivity contribution in [1.29, 1.82) is 5.41 Å². The Labute approximate surface area is 83.4 Å². The van der Waals surface area contributed by atoms with Gasteiger partial charge in [0, 0.05) is 23.8 Å². The molecule has 74 valence electrons. The first-order chi connectivity index (χ1) is 6.59. The third kappa shape index (κ3) is 2.90. The Kier molecular flexibility index (Phi) is 3.23. The smallest absolute Gasteiger partial charge is 0.0685 e. The highest BCUT2D eigenvalue weighted by atomic mass is 14.9. The highest BCUT2D eigenvalue weighted by Gasteiger charge is 1.93. The van der Waals surface area contributed by atoms with Crippen molar-refractivity contribution in [2.24, 2.45) is 5.73 Å². The third-order valence-corrected chi connectivity index (χ3v) is 1.72. The highest BCUT2D eigenvalue weighted by molar-refractivity contribution is 5.94. The maximum atomic E-state index is 7.26. The highest BCUT2D eigenvalue weighted by Crippen LogP contribution is 2.06. The van der Waals surface area contributed by atoms with Crippen molar-refractivity contribution < 1.29 is 0 Å². The molecule has 0 aliphatic carbocycles. The van der Waals surface area contributed by atoms with Crippen molar-refractivity contribution in [2.45, 2.75) is 13.8 Å². The van der Waals surface area contributed by atoms with E-state index in [2.05, 4.69) is 10.3 Å². The number of aryl methyl sites for hydroxylation is 1. The summed E-state index contributed by atoms with van der Waals surface area (Å²) in [5.41, 5.74) is 8.20. The van der Waals surface area contributed by atoms with Crippen molar-refractivity contribution in [1.82, 2.24) is 4.98 Å². The van der Waals surface area contributed by atoms with E-state index in [9.17, 15) is 0 Å². The minimum absolute atomic E-state index is 0.350. The molecule has 4 heteroatoms. The van der Waals surface area contributed by atoms with Crippen LogP contribution in [0, 0.1) is 12.3 Å². The number of pyridine rings is 1. The van der Waals surface area contributed by atoms with Crippen LogP contribution in [0.4, 0.5) is 5.69 Å². The Hall–Kier alpha value is -1.84. The van der Waals surface area contributed by atoms with Crippen molar-refractivity contribution in [2.75, 3.05) is 5.32 Å². The summed E-state index contributed by atoms with van der Waals surface area (Å²) in [6, 6.07) is 3.75. The van der Waals surface area contributed by atoms with Gasteiger partial charge >= 0.3 is 0 Å². The van der Waals surface area contributed by atoms with Crippen LogP contribution in [-0.2, 0) is 0 Å². The standard InChI is InChI=1S/C10H14N4/c1-7-5-9(3-4-13-7)14-6-10(12)8(2)11/h3-6,11H,12H2,1-2H3,(H,13,14)/b10-6+,11-8?. The number of allylic oxidation sites excluding steroid dienone is 1. The molecule has 0 aliphatic heterocycles. The van der Waals surface area contributed by atoms with Crippen LogP contribution in [0.15, 0.2) is 30.2 Å². The molecular formula is C10H14N4. The van der Waals surface area contributed by atoms with Gasteiger partial charge in [-0.1, -0.05) is 0 Å². The van der Waals surface area contributed by atoms with E-state index in [0.29, 0.717) is 11.4 Å². The molecule has 1 rings (SSSR count). The maximum absolute atomic E-state index is 7.26. The zero-order valence-electron chi connectivity index (χ0n) is 8.33. The largest absolute Gasteiger partial charge is 0.396 e. The number of hydrogen-bond donors (Lipinski definition) is 3. The van der Waals surface area contributed by atoms with E-state index in [0.717, 1.165) is 11.4 Å². The second-order valence-corrected chi connectivity index (χ2v) is 3.05. The Morgan fingerprint density at radius 3 is 2.93 bits per heavy atom. The van der Waals surface area contributed by atoms with E-state index < -0.39 is 0 Å². The molecular weight excluding hydrogens is 176 g/mol. The molecule has 0 amide bonds. The molecule has 0 aliphatic rings. The minimum atomic E-state index is 0.350. The molecule has 1 aromatic rings. The van der Waals surface area contributed by atoms with Crippen LogP contribution in [0.5, 0.6) is 0 Å². The normalized spacial score (nSPS) is 11.1. The van der Waals surface area contributed by atoms with Crippen molar-refractivity contribution >= 4 is 11.4 Å². The molecule has 0 spiro atoms. The van der Waals surface area contributed by atoms with Gasteiger partial charge in [-0.15, -0.1) is 0 Å². The zero-order chi connectivity index (χ0) is 10.6. The van der Waals surface area contributed by atoms with E-state index in [4.69, 9.17) is 11.1 Å². The van der Waals surface area contributed by atoms with Gasteiger partial charge in [-0.2, -0.15) is 0 Å². The van der Waals surface area contributed by atoms with Gasteiger partial charge in [-0.05, 0) is 26.0 Å². The van der Waals surface area contributed by atoms with Gasteiger partial charge in [0.15, 0.2) is 0 Å². The molecule has 0 bridgehead atoms. The van der Waals surface area contributed by atoms with Crippen LogP contribution in [0.25, 0.3) is 0 Å². The van der Waals surface area contributed by atoms with Gasteiger partial charge in [0.1, 0.15) is 0 Å². The van der Waals surface area contributed by atoms with E-state index in [1.165, 1.54) is 0 Å². The van der Waals surface area contributed by atoms with Crippen molar-refractivity contribution in [3.8, 4) is 0 Å². The van der Waals surface area contributed by atoms with Crippen LogP contribution in [0.1, 0.15) is 12.6 Å². The Morgan fingerprint density at radius 2 is 2.36 bits per heavy atom. The molecule has 0 fully saturated rings. The predicted octanol–water partition coefficient (Wildman–Crippen LogP) is 1.64. The van der Waals surface area contributed by atoms with E-state index >= 15 is 0 Å². The van der Waals surface area contributed by atoms with Crippen molar-refractivity contribution in [3.05, 3.63) is 35.9 Å². The molecule has 0 saturated carbocycles. The van der Waals surface area contributed by atoms with Crippen LogP contribution in [0.3, 0.4) is 0 Å². The van der Waals surface area contributed by atoms with Gasteiger partial charge in [0.2, 0.25) is 0 Å². The summed E-state index contributed by atoms with van der Waals surface area (Å²) in [6.45, 7) is 3.56. The fourth-order valence-corrected chi connectivity index (χ4v) is 0.905. The van der Waals surface area contributed by atoms with Gasteiger partial charge in [-0.25, -0.2) is 0 Å². The summed E-state index contributed by atoms with van der Waals surface area (Å²) in [7, 11) is 0. The Balaban J connectivity index is 2.71. The molecule has 0 unspecified atom stereocenters. The summed E-state index contributed by atoms with van der Waals surface area (Å²) in [5, 5.41) is 10.3. The van der Waals surface area contributed by atoms with Crippen LogP contribution >= 0.6 is 0 Å². The van der Waals surface area contributed by atoms with E-state index in [1.54, 1.807) is 19.3 Å². The molecule has 0 aromatic carbocycles. The van der Waals surface area contributed by atoms with Gasteiger partial charge in [-0.3, -0.25) is 4.98 Å². The first-order valence-corrected chi connectivity index (χ1v) is 4.30. The lowest BCUT2D eigenvalue weighted by molar-refractivity contribution is 1.20. The molecule has 1 aromatic heterocycles. The number of anilines is 1. The number of aromatic nitrogens is 1. The van der Waals surface area contributed by atoms with Crippen LogP contribution in [-0.4, -0.2) is 10.7 Å². The second kappa shape index (κ2) is 4.41. The maximum Gasteiger partial charge on any atom is 0.0685 e. The zero-order valence-corrected chi connectivity index (χ0v) is 8.33. The molecule has 14 heavy (non-hydrogen) atoms. The lowest BCUT2D eigenvalue weighted by Gasteiger charge is -2.03.